The molecule has 1 fully saturated rings. The number of benzene rings is 1. The van der Waals surface area contributed by atoms with Gasteiger partial charge >= 0.3 is 6.18 Å². The molecule has 0 aliphatic carbocycles. The summed E-state index contributed by atoms with van der Waals surface area (Å²) in [4.78, 5) is 1.58. The lowest BCUT2D eigenvalue weighted by Gasteiger charge is -2.34. The lowest BCUT2D eigenvalue weighted by atomic mass is 10.1. The van der Waals surface area contributed by atoms with Gasteiger partial charge in [-0.05, 0) is 30.3 Å². The number of nitrogens with zero attached hydrogens (tertiary/aromatic N) is 4. The van der Waals surface area contributed by atoms with Crippen LogP contribution in [0.2, 0.25) is 5.02 Å². The van der Waals surface area contributed by atoms with Crippen molar-refractivity contribution in [1.29, 1.82) is 5.26 Å². The van der Waals surface area contributed by atoms with Crippen LogP contribution in [0, 0.1) is 11.3 Å². The van der Waals surface area contributed by atoms with E-state index >= 15 is 0 Å². The summed E-state index contributed by atoms with van der Waals surface area (Å²) >= 11 is 5.61. The zero-order valence-corrected chi connectivity index (χ0v) is 18.3. The molecular formula is C21H18ClF3N4O2S. The predicted octanol–water partition coefficient (Wildman–Crippen LogP) is 3.99. The van der Waals surface area contributed by atoms with Crippen molar-refractivity contribution in [3.63, 3.8) is 0 Å². The van der Waals surface area contributed by atoms with Crippen molar-refractivity contribution in [2.24, 2.45) is 0 Å². The molecule has 2 aromatic heterocycles. The highest BCUT2D eigenvalue weighted by molar-refractivity contribution is 7.89. The van der Waals surface area contributed by atoms with Crippen LogP contribution in [0.25, 0.3) is 5.52 Å². The predicted molar refractivity (Wildman–Crippen MR) is 113 cm³/mol. The van der Waals surface area contributed by atoms with Crippen molar-refractivity contribution in [3.8, 4) is 6.07 Å². The molecule has 0 radical (unpaired) electrons. The molecular weight excluding hydrogens is 465 g/mol. The Morgan fingerprint density at radius 2 is 1.81 bits per heavy atom. The summed E-state index contributed by atoms with van der Waals surface area (Å²) in [6, 6.07) is 10.4. The van der Waals surface area contributed by atoms with E-state index in [-0.39, 0.29) is 13.1 Å². The number of rotatable bonds is 4. The van der Waals surface area contributed by atoms with E-state index in [1.165, 1.54) is 4.31 Å². The first-order valence-corrected chi connectivity index (χ1v) is 11.5. The number of alkyl halides is 3. The number of halogens is 4. The second-order valence-corrected chi connectivity index (χ2v) is 9.80. The van der Waals surface area contributed by atoms with Gasteiger partial charge in [0, 0.05) is 50.7 Å². The van der Waals surface area contributed by atoms with Crippen LogP contribution in [0.3, 0.4) is 0 Å². The molecule has 1 aliphatic heterocycles. The summed E-state index contributed by atoms with van der Waals surface area (Å²) in [6.45, 7) is 1.49. The third-order valence-corrected chi connectivity index (χ3v) is 7.70. The van der Waals surface area contributed by atoms with Gasteiger partial charge < -0.3 is 4.40 Å². The number of piperazine rings is 1. The molecule has 0 bridgehead atoms. The largest absolute Gasteiger partial charge is 0.417 e. The van der Waals surface area contributed by atoms with Gasteiger partial charge in [0.15, 0.2) is 0 Å². The standard InChI is InChI=1S/C21H18ClF3N4O2S/c22-19-5-4-16(11-18(19)21(23,24)25)32(30,31)29-9-7-27(8-10-29)13-15-14-28-6-2-1-3-20(28)17(15)12-26/h1-6,11,14H,7-10,13H2. The van der Waals surface area contributed by atoms with Crippen LogP contribution >= 0.6 is 11.6 Å². The Morgan fingerprint density at radius 3 is 2.47 bits per heavy atom. The molecule has 11 heteroatoms. The lowest BCUT2D eigenvalue weighted by molar-refractivity contribution is -0.137. The third kappa shape index (κ3) is 4.21. The van der Waals surface area contributed by atoms with Crippen LogP contribution in [0.1, 0.15) is 16.7 Å². The van der Waals surface area contributed by atoms with Gasteiger partial charge in [0.05, 0.1) is 26.6 Å². The Balaban J connectivity index is 1.49. The fourth-order valence-electron chi connectivity index (χ4n) is 3.83. The monoisotopic (exact) mass is 482 g/mol. The van der Waals surface area contributed by atoms with Crippen molar-refractivity contribution < 1.29 is 21.6 Å². The van der Waals surface area contributed by atoms with Gasteiger partial charge in [-0.25, -0.2) is 8.42 Å². The Hall–Kier alpha value is -2.58. The maximum atomic E-state index is 13.1. The smallest absolute Gasteiger partial charge is 0.322 e. The van der Waals surface area contributed by atoms with E-state index in [0.717, 1.165) is 23.2 Å². The molecule has 168 valence electrons. The van der Waals surface area contributed by atoms with E-state index in [1.54, 1.807) is 0 Å². The summed E-state index contributed by atoms with van der Waals surface area (Å²) < 4.78 is 68.3. The molecule has 1 aromatic carbocycles. The minimum atomic E-state index is -4.75. The van der Waals surface area contributed by atoms with Gasteiger partial charge in [-0.3, -0.25) is 4.90 Å². The highest BCUT2D eigenvalue weighted by Gasteiger charge is 2.36. The number of hydrogen-bond acceptors (Lipinski definition) is 4. The van der Waals surface area contributed by atoms with Crippen LogP contribution in [0.4, 0.5) is 13.2 Å². The zero-order chi connectivity index (χ0) is 23.1. The summed E-state index contributed by atoms with van der Waals surface area (Å²) in [5.74, 6) is 0. The van der Waals surface area contributed by atoms with Gasteiger partial charge in [0.25, 0.3) is 0 Å². The molecule has 0 N–H and O–H groups in total. The van der Waals surface area contributed by atoms with Crippen molar-refractivity contribution in [3.05, 3.63) is 70.5 Å². The van der Waals surface area contributed by atoms with E-state index in [1.807, 2.05) is 39.9 Å². The molecule has 3 aromatic rings. The molecule has 1 saturated heterocycles. The van der Waals surface area contributed by atoms with Crippen molar-refractivity contribution >= 4 is 27.1 Å². The second kappa shape index (κ2) is 8.41. The first kappa shape index (κ1) is 22.6. The van der Waals surface area contributed by atoms with Gasteiger partial charge in [-0.2, -0.15) is 22.7 Å². The summed E-state index contributed by atoms with van der Waals surface area (Å²) in [5.41, 5.74) is 1.03. The van der Waals surface area contributed by atoms with Gasteiger partial charge in [0.1, 0.15) is 6.07 Å². The molecule has 6 nitrogen and oxygen atoms in total. The van der Waals surface area contributed by atoms with E-state index < -0.39 is 31.7 Å². The van der Waals surface area contributed by atoms with Crippen LogP contribution in [-0.2, 0) is 22.7 Å². The van der Waals surface area contributed by atoms with Gasteiger partial charge in [-0.1, -0.05) is 17.7 Å². The summed E-state index contributed by atoms with van der Waals surface area (Å²) in [7, 11) is -4.10. The Morgan fingerprint density at radius 1 is 1.09 bits per heavy atom. The van der Waals surface area contributed by atoms with E-state index in [0.29, 0.717) is 31.3 Å². The average Bonchev–Trinajstić information content (AvgIpc) is 3.10. The average molecular weight is 483 g/mol. The number of nitriles is 1. The topological polar surface area (TPSA) is 68.8 Å². The van der Waals surface area contributed by atoms with E-state index in [9.17, 15) is 26.9 Å². The van der Waals surface area contributed by atoms with Gasteiger partial charge in [0.2, 0.25) is 10.0 Å². The SMILES string of the molecule is N#Cc1c(CN2CCN(S(=O)(=O)c3ccc(Cl)c(C(F)(F)F)c3)CC2)cn2ccccc12. The van der Waals surface area contributed by atoms with E-state index in [2.05, 4.69) is 6.07 Å². The molecule has 32 heavy (non-hydrogen) atoms. The zero-order valence-electron chi connectivity index (χ0n) is 16.7. The fraction of sp³-hybridized carbons (Fsp3) is 0.286. The minimum Gasteiger partial charge on any atom is -0.322 e. The van der Waals surface area contributed by atoms with Crippen molar-refractivity contribution in [1.82, 2.24) is 13.6 Å². The van der Waals surface area contributed by atoms with E-state index in [4.69, 9.17) is 11.6 Å². The number of fused-ring (bicyclic) bond motifs is 1. The number of sulfonamides is 1. The molecule has 0 unspecified atom stereocenters. The summed E-state index contributed by atoms with van der Waals surface area (Å²) in [5, 5.41) is 9.00. The maximum absolute atomic E-state index is 13.1. The molecule has 0 saturated carbocycles. The molecule has 1 aliphatic rings. The van der Waals surface area contributed by atoms with Crippen LogP contribution in [0.5, 0.6) is 0 Å². The lowest BCUT2D eigenvalue weighted by Crippen LogP contribution is -2.48. The van der Waals surface area contributed by atoms with Crippen LogP contribution in [-0.4, -0.2) is 48.2 Å². The Kier molecular flexibility index (Phi) is 5.94. The minimum absolute atomic E-state index is 0.127. The molecule has 4 rings (SSSR count). The number of aromatic nitrogens is 1. The Labute approximate surface area is 188 Å². The van der Waals surface area contributed by atoms with Crippen molar-refractivity contribution in [2.45, 2.75) is 17.6 Å². The van der Waals surface area contributed by atoms with Crippen LogP contribution < -0.4 is 0 Å². The van der Waals surface area contributed by atoms with Crippen molar-refractivity contribution in [2.75, 3.05) is 26.2 Å². The van der Waals surface area contributed by atoms with Crippen LogP contribution in [0.15, 0.2) is 53.7 Å². The number of hydrogen-bond donors (Lipinski definition) is 0. The maximum Gasteiger partial charge on any atom is 0.417 e. The summed E-state index contributed by atoms with van der Waals surface area (Å²) in [6.07, 6.45) is -1.02. The second-order valence-electron chi connectivity index (χ2n) is 7.45. The quantitative estimate of drug-likeness (QED) is 0.564. The molecule has 0 atom stereocenters. The fourth-order valence-corrected chi connectivity index (χ4v) is 5.50. The van der Waals surface area contributed by atoms with Gasteiger partial charge in [-0.15, -0.1) is 0 Å². The highest BCUT2D eigenvalue weighted by atomic mass is 35.5. The first-order chi connectivity index (χ1) is 15.1. The normalized spacial score (nSPS) is 16.3. The first-order valence-electron chi connectivity index (χ1n) is 9.69. The number of pyridine rings is 1. The molecule has 0 amide bonds. The Bertz CT molecular complexity index is 1310. The third-order valence-electron chi connectivity index (χ3n) is 5.48. The highest BCUT2D eigenvalue weighted by Crippen LogP contribution is 2.36. The molecule has 0 spiro atoms. The molecule has 3 heterocycles.